The summed E-state index contributed by atoms with van der Waals surface area (Å²) < 4.78 is 21.6. The van der Waals surface area contributed by atoms with E-state index in [-0.39, 0.29) is 0 Å². The van der Waals surface area contributed by atoms with E-state index in [1.54, 1.807) is 36.4 Å². The van der Waals surface area contributed by atoms with Crippen molar-refractivity contribution < 1.29 is 23.7 Å². The van der Waals surface area contributed by atoms with E-state index < -0.39 is 11.9 Å². The van der Waals surface area contributed by atoms with E-state index in [9.17, 15) is 4.79 Å². The van der Waals surface area contributed by atoms with E-state index in [1.807, 2.05) is 30.4 Å². The lowest BCUT2D eigenvalue weighted by atomic mass is 10.1. The van der Waals surface area contributed by atoms with Crippen molar-refractivity contribution in [3.8, 4) is 5.75 Å². The van der Waals surface area contributed by atoms with Crippen molar-refractivity contribution in [2.75, 3.05) is 21.3 Å². The molecular weight excluding hydrogens is 440 g/mol. The van der Waals surface area contributed by atoms with Crippen molar-refractivity contribution in [1.29, 1.82) is 0 Å². The number of methoxy groups -OCH3 is 3. The first-order valence-electron chi connectivity index (χ1n) is 12.4. The van der Waals surface area contributed by atoms with Gasteiger partial charge in [-0.3, -0.25) is 0 Å². The Morgan fingerprint density at radius 2 is 1.34 bits per heavy atom. The van der Waals surface area contributed by atoms with Crippen LogP contribution in [0.15, 0.2) is 85.0 Å². The molecule has 5 nitrogen and oxygen atoms in total. The molecule has 0 saturated carbocycles. The zero-order valence-corrected chi connectivity index (χ0v) is 21.8. The molecule has 0 saturated heterocycles. The van der Waals surface area contributed by atoms with E-state index in [0.717, 1.165) is 6.42 Å². The van der Waals surface area contributed by atoms with Crippen LogP contribution >= 0.6 is 0 Å². The number of ether oxygens (including phenoxy) is 4. The number of benzene rings is 1. The van der Waals surface area contributed by atoms with Crippen LogP contribution in [-0.4, -0.2) is 27.3 Å². The van der Waals surface area contributed by atoms with Gasteiger partial charge in [0.2, 0.25) is 0 Å². The van der Waals surface area contributed by atoms with E-state index in [1.165, 1.54) is 72.4 Å². The molecule has 0 radical (unpaired) electrons. The molecule has 0 spiro atoms. The summed E-state index contributed by atoms with van der Waals surface area (Å²) in [4.78, 5) is 12.3. The van der Waals surface area contributed by atoms with Gasteiger partial charge < -0.3 is 18.9 Å². The Balaban J connectivity index is 2.39. The van der Waals surface area contributed by atoms with E-state index in [0.29, 0.717) is 11.3 Å². The Hall–Kier alpha value is -2.89. The number of hydrogen-bond donors (Lipinski definition) is 0. The first kappa shape index (κ1) is 30.1. The molecule has 0 unspecified atom stereocenters. The van der Waals surface area contributed by atoms with Crippen LogP contribution in [0.2, 0.25) is 0 Å². The molecule has 5 heteroatoms. The van der Waals surface area contributed by atoms with Crippen LogP contribution in [0.5, 0.6) is 5.75 Å². The largest absolute Gasteiger partial charge is 0.496 e. The van der Waals surface area contributed by atoms with Crippen molar-refractivity contribution in [3.05, 3.63) is 90.6 Å². The summed E-state index contributed by atoms with van der Waals surface area (Å²) in [7, 11) is 4.32. The first-order chi connectivity index (χ1) is 17.1. The molecule has 0 heterocycles. The van der Waals surface area contributed by atoms with Crippen LogP contribution in [-0.2, 0) is 25.0 Å². The number of carbonyl (C=O) groups excluding carboxylic acids is 1. The number of para-hydroxylation sites is 1. The summed E-state index contributed by atoms with van der Waals surface area (Å²) >= 11 is 0. The molecule has 0 amide bonds. The molecule has 1 aromatic rings. The van der Waals surface area contributed by atoms with Gasteiger partial charge in [0.15, 0.2) is 0 Å². The molecule has 1 rings (SSSR count). The third-order valence-corrected chi connectivity index (χ3v) is 5.33. The molecular formula is C30H42O5. The highest BCUT2D eigenvalue weighted by Gasteiger charge is 2.39. The summed E-state index contributed by atoms with van der Waals surface area (Å²) in [5, 5.41) is 0. The fourth-order valence-electron chi connectivity index (χ4n) is 3.42. The highest BCUT2D eigenvalue weighted by molar-refractivity contribution is 5.82. The Labute approximate surface area is 211 Å². The lowest BCUT2D eigenvalue weighted by Crippen LogP contribution is -2.36. The lowest BCUT2D eigenvalue weighted by molar-refractivity contribution is -0.354. The van der Waals surface area contributed by atoms with E-state index in [4.69, 9.17) is 18.9 Å². The number of hydrogen-bond acceptors (Lipinski definition) is 5. The van der Waals surface area contributed by atoms with Gasteiger partial charge in [-0.2, -0.15) is 0 Å². The number of rotatable bonds is 18. The van der Waals surface area contributed by atoms with Crippen LogP contribution in [0.1, 0.15) is 63.9 Å². The number of esters is 1. The zero-order chi connectivity index (χ0) is 25.6. The fraction of sp³-hybridized carbons (Fsp3) is 0.433. The Morgan fingerprint density at radius 1 is 0.771 bits per heavy atom. The second-order valence-corrected chi connectivity index (χ2v) is 7.94. The summed E-state index contributed by atoms with van der Waals surface area (Å²) in [6, 6.07) is 7.04. The standard InChI is InChI=1S/C30H42O5/c1-5-6-7-8-9-10-11-12-13-14-15-16-17-18-19-20-21-26-29(31)35-30(33-3,34-4)27-24-22-23-25-28(27)32-2/h13-26H,5-12H2,1-4H3. The van der Waals surface area contributed by atoms with Gasteiger partial charge >= 0.3 is 11.9 Å². The predicted octanol–water partition coefficient (Wildman–Crippen LogP) is 7.56. The Kier molecular flexibility index (Phi) is 16.7. The monoisotopic (exact) mass is 482 g/mol. The maximum Gasteiger partial charge on any atom is 0.361 e. The minimum atomic E-state index is -1.70. The molecule has 0 N–H and O–H groups in total. The fourth-order valence-corrected chi connectivity index (χ4v) is 3.42. The summed E-state index contributed by atoms with van der Waals surface area (Å²) in [6.07, 6.45) is 29.1. The van der Waals surface area contributed by atoms with Crippen LogP contribution in [0, 0.1) is 0 Å². The van der Waals surface area contributed by atoms with Crippen molar-refractivity contribution in [2.24, 2.45) is 0 Å². The molecule has 0 atom stereocenters. The van der Waals surface area contributed by atoms with Gasteiger partial charge in [-0.25, -0.2) is 4.79 Å². The van der Waals surface area contributed by atoms with Crippen LogP contribution < -0.4 is 4.74 Å². The third-order valence-electron chi connectivity index (χ3n) is 5.33. The van der Waals surface area contributed by atoms with Gasteiger partial charge in [0.1, 0.15) is 5.75 Å². The minimum absolute atomic E-state index is 0.455. The number of allylic oxidation sites excluding steroid dienone is 9. The maximum absolute atomic E-state index is 12.3. The highest BCUT2D eigenvalue weighted by Crippen LogP contribution is 2.34. The second kappa shape index (κ2) is 19.4. The van der Waals surface area contributed by atoms with Crippen LogP contribution in [0.4, 0.5) is 0 Å². The maximum atomic E-state index is 12.3. The average molecular weight is 483 g/mol. The van der Waals surface area contributed by atoms with E-state index in [2.05, 4.69) is 19.1 Å². The molecule has 0 bridgehead atoms. The van der Waals surface area contributed by atoms with Crippen molar-refractivity contribution in [1.82, 2.24) is 0 Å². The average Bonchev–Trinajstić information content (AvgIpc) is 2.89. The quantitative estimate of drug-likeness (QED) is 0.0710. The molecule has 1 aromatic carbocycles. The molecule has 0 aromatic heterocycles. The summed E-state index contributed by atoms with van der Waals surface area (Å²) in [5.74, 6) is -1.83. The van der Waals surface area contributed by atoms with Crippen molar-refractivity contribution >= 4 is 5.97 Å². The molecule has 192 valence electrons. The van der Waals surface area contributed by atoms with Gasteiger partial charge in [-0.1, -0.05) is 112 Å². The second-order valence-electron chi connectivity index (χ2n) is 7.94. The van der Waals surface area contributed by atoms with Gasteiger partial charge in [-0.15, -0.1) is 0 Å². The predicted molar refractivity (Wildman–Crippen MR) is 143 cm³/mol. The summed E-state index contributed by atoms with van der Waals surface area (Å²) in [6.45, 7) is 2.25. The van der Waals surface area contributed by atoms with Gasteiger partial charge in [0, 0.05) is 20.3 Å². The normalized spacial score (nSPS) is 12.7. The first-order valence-corrected chi connectivity index (χ1v) is 12.4. The van der Waals surface area contributed by atoms with Gasteiger partial charge in [0.25, 0.3) is 0 Å². The van der Waals surface area contributed by atoms with Crippen LogP contribution in [0.3, 0.4) is 0 Å². The smallest absolute Gasteiger partial charge is 0.361 e. The van der Waals surface area contributed by atoms with Crippen molar-refractivity contribution in [2.45, 2.75) is 64.3 Å². The van der Waals surface area contributed by atoms with Gasteiger partial charge in [-0.05, 0) is 25.0 Å². The Bertz CT molecular complexity index is 844. The van der Waals surface area contributed by atoms with Gasteiger partial charge in [0.05, 0.1) is 12.7 Å². The summed E-state index contributed by atoms with van der Waals surface area (Å²) in [5.41, 5.74) is 0.455. The topological polar surface area (TPSA) is 54.0 Å². The molecule has 0 aliphatic heterocycles. The number of unbranched alkanes of at least 4 members (excludes halogenated alkanes) is 7. The SMILES string of the molecule is CCCCCCCCCC=CC=CC=CC=CC=CC(=O)OC(OC)(OC)c1ccccc1OC. The molecule has 0 aliphatic carbocycles. The molecule has 0 fully saturated rings. The van der Waals surface area contributed by atoms with Crippen LogP contribution in [0.25, 0.3) is 0 Å². The Morgan fingerprint density at radius 3 is 1.97 bits per heavy atom. The number of carbonyl (C=O) groups is 1. The van der Waals surface area contributed by atoms with Crippen molar-refractivity contribution in [3.63, 3.8) is 0 Å². The third kappa shape index (κ3) is 12.4. The zero-order valence-electron chi connectivity index (χ0n) is 21.8. The van der Waals surface area contributed by atoms with E-state index >= 15 is 0 Å². The lowest BCUT2D eigenvalue weighted by Gasteiger charge is -2.30. The molecule has 35 heavy (non-hydrogen) atoms. The minimum Gasteiger partial charge on any atom is -0.496 e. The molecule has 0 aliphatic rings. The highest BCUT2D eigenvalue weighted by atomic mass is 16.9.